The van der Waals surface area contributed by atoms with Crippen molar-refractivity contribution in [1.29, 1.82) is 0 Å². The van der Waals surface area contributed by atoms with Gasteiger partial charge in [0.05, 0.1) is 13.1 Å². The number of piperazine rings is 1. The first kappa shape index (κ1) is 13.1. The molecule has 0 bridgehead atoms. The van der Waals surface area contributed by atoms with Gasteiger partial charge in [0, 0.05) is 18.9 Å². The summed E-state index contributed by atoms with van der Waals surface area (Å²) in [6.07, 6.45) is 8.34. The van der Waals surface area contributed by atoms with Crippen LogP contribution in [0.1, 0.15) is 32.1 Å². The zero-order valence-corrected chi connectivity index (χ0v) is 11.5. The van der Waals surface area contributed by atoms with E-state index in [-0.39, 0.29) is 18.4 Å². The van der Waals surface area contributed by atoms with E-state index in [4.69, 9.17) is 0 Å². The molecule has 3 rings (SSSR count). The maximum Gasteiger partial charge on any atom is 0.246 e. The average molecular weight is 276 g/mol. The van der Waals surface area contributed by atoms with Crippen LogP contribution in [0.3, 0.4) is 0 Å². The molecule has 0 unspecified atom stereocenters. The van der Waals surface area contributed by atoms with E-state index in [1.807, 2.05) is 12.3 Å². The Morgan fingerprint density at radius 2 is 2.00 bits per heavy atom. The van der Waals surface area contributed by atoms with Gasteiger partial charge < -0.3 is 10.2 Å². The summed E-state index contributed by atoms with van der Waals surface area (Å²) in [5.41, 5.74) is -0.610. The van der Waals surface area contributed by atoms with E-state index in [1.165, 1.54) is 0 Å². The minimum Gasteiger partial charge on any atom is -0.345 e. The Balaban J connectivity index is 1.79. The Kier molecular flexibility index (Phi) is 3.46. The molecule has 20 heavy (non-hydrogen) atoms. The van der Waals surface area contributed by atoms with Gasteiger partial charge in [-0.2, -0.15) is 5.10 Å². The molecule has 1 aliphatic heterocycles. The van der Waals surface area contributed by atoms with Gasteiger partial charge in [0.1, 0.15) is 5.54 Å². The van der Waals surface area contributed by atoms with Crippen LogP contribution >= 0.6 is 0 Å². The highest BCUT2D eigenvalue weighted by molar-refractivity contribution is 5.98. The third-order valence-electron chi connectivity index (χ3n) is 4.43. The number of nitrogens with zero attached hydrogens (tertiary/aromatic N) is 3. The molecule has 108 valence electrons. The molecule has 1 N–H and O–H groups in total. The van der Waals surface area contributed by atoms with Crippen molar-refractivity contribution >= 4 is 11.8 Å². The molecule has 2 amide bonds. The van der Waals surface area contributed by atoms with E-state index in [9.17, 15) is 9.59 Å². The van der Waals surface area contributed by atoms with Crippen molar-refractivity contribution in [2.75, 3.05) is 13.1 Å². The maximum atomic E-state index is 12.4. The molecule has 1 aromatic heterocycles. The minimum atomic E-state index is -0.610. The van der Waals surface area contributed by atoms with Gasteiger partial charge in [0.15, 0.2) is 0 Å². The van der Waals surface area contributed by atoms with Crippen LogP contribution in [-0.4, -0.2) is 45.1 Å². The first-order chi connectivity index (χ1) is 9.72. The number of carbonyl (C=O) groups is 2. The van der Waals surface area contributed by atoms with Gasteiger partial charge in [-0.1, -0.05) is 19.3 Å². The lowest BCUT2D eigenvalue weighted by atomic mass is 9.78. The zero-order chi connectivity index (χ0) is 14.0. The van der Waals surface area contributed by atoms with Gasteiger partial charge in [-0.3, -0.25) is 14.3 Å². The predicted molar refractivity (Wildman–Crippen MR) is 72.8 cm³/mol. The van der Waals surface area contributed by atoms with E-state index in [0.717, 1.165) is 32.1 Å². The van der Waals surface area contributed by atoms with Gasteiger partial charge >= 0.3 is 0 Å². The quantitative estimate of drug-likeness (QED) is 0.876. The summed E-state index contributed by atoms with van der Waals surface area (Å²) in [5.74, 6) is 0.0518. The summed E-state index contributed by atoms with van der Waals surface area (Å²) in [6, 6.07) is 1.86. The number of hydrogen-bond acceptors (Lipinski definition) is 3. The number of amides is 2. The van der Waals surface area contributed by atoms with Gasteiger partial charge in [0.25, 0.3) is 0 Å². The molecule has 6 nitrogen and oxygen atoms in total. The van der Waals surface area contributed by atoms with Crippen LogP contribution < -0.4 is 5.32 Å². The second-order valence-corrected chi connectivity index (χ2v) is 5.59. The normalized spacial score (nSPS) is 22.1. The van der Waals surface area contributed by atoms with E-state index >= 15 is 0 Å². The van der Waals surface area contributed by atoms with E-state index in [2.05, 4.69) is 10.4 Å². The lowest BCUT2D eigenvalue weighted by molar-refractivity contribution is -0.156. The average Bonchev–Trinajstić information content (AvgIpc) is 2.98. The maximum absolute atomic E-state index is 12.4. The third-order valence-corrected chi connectivity index (χ3v) is 4.43. The Morgan fingerprint density at radius 3 is 2.70 bits per heavy atom. The smallest absolute Gasteiger partial charge is 0.246 e. The minimum absolute atomic E-state index is 0.0252. The molecule has 0 radical (unpaired) electrons. The van der Waals surface area contributed by atoms with Crippen molar-refractivity contribution in [3.05, 3.63) is 18.5 Å². The van der Waals surface area contributed by atoms with E-state index < -0.39 is 5.54 Å². The first-order valence-corrected chi connectivity index (χ1v) is 7.29. The summed E-state index contributed by atoms with van der Waals surface area (Å²) < 4.78 is 1.80. The zero-order valence-electron chi connectivity index (χ0n) is 11.5. The van der Waals surface area contributed by atoms with Gasteiger partial charge in [-0.25, -0.2) is 0 Å². The standard InChI is InChI=1S/C14H20N4O2/c19-12-11-15-13(20)14(5-2-1-3-6-14)18(12)10-9-17-8-4-7-16-17/h4,7-8H,1-3,5-6,9-11H2,(H,15,20). The Hall–Kier alpha value is -1.85. The second-order valence-electron chi connectivity index (χ2n) is 5.59. The van der Waals surface area contributed by atoms with Gasteiger partial charge in [0.2, 0.25) is 11.8 Å². The Morgan fingerprint density at radius 1 is 1.20 bits per heavy atom. The molecule has 1 saturated carbocycles. The largest absolute Gasteiger partial charge is 0.345 e. The third kappa shape index (κ3) is 2.19. The monoisotopic (exact) mass is 276 g/mol. The number of nitrogens with one attached hydrogen (secondary N) is 1. The lowest BCUT2D eigenvalue weighted by Gasteiger charge is -2.47. The van der Waals surface area contributed by atoms with Crippen molar-refractivity contribution in [3.63, 3.8) is 0 Å². The topological polar surface area (TPSA) is 67.2 Å². The van der Waals surface area contributed by atoms with Crippen LogP contribution in [-0.2, 0) is 16.1 Å². The molecule has 2 heterocycles. The predicted octanol–water partition coefficient (Wildman–Crippen LogP) is 0.544. The van der Waals surface area contributed by atoms with Crippen LogP contribution in [0, 0.1) is 0 Å². The van der Waals surface area contributed by atoms with Crippen molar-refractivity contribution in [3.8, 4) is 0 Å². The Bertz CT molecular complexity index is 491. The SMILES string of the molecule is O=C1CNC(=O)C2(CCCCC2)N1CCn1cccn1. The number of carbonyl (C=O) groups excluding carboxylic acids is 2. The highest BCUT2D eigenvalue weighted by Gasteiger charge is 2.49. The summed E-state index contributed by atoms with van der Waals surface area (Å²) in [5, 5.41) is 6.92. The first-order valence-electron chi connectivity index (χ1n) is 7.29. The van der Waals surface area contributed by atoms with Gasteiger partial charge in [-0.15, -0.1) is 0 Å². The van der Waals surface area contributed by atoms with Crippen LogP contribution in [0.2, 0.25) is 0 Å². The fourth-order valence-electron chi connectivity index (χ4n) is 3.38. The lowest BCUT2D eigenvalue weighted by Crippen LogP contribution is -2.68. The molecule has 1 aliphatic carbocycles. The molecule has 6 heteroatoms. The van der Waals surface area contributed by atoms with Crippen LogP contribution in [0.15, 0.2) is 18.5 Å². The van der Waals surface area contributed by atoms with Crippen LogP contribution in [0.25, 0.3) is 0 Å². The van der Waals surface area contributed by atoms with Crippen molar-refractivity contribution in [2.24, 2.45) is 0 Å². The molecule has 0 aromatic carbocycles. The molecule has 2 aliphatic rings. The van der Waals surface area contributed by atoms with Crippen LogP contribution in [0.5, 0.6) is 0 Å². The second kappa shape index (κ2) is 5.26. The molecule has 2 fully saturated rings. The number of hydrogen-bond donors (Lipinski definition) is 1. The highest BCUT2D eigenvalue weighted by atomic mass is 16.2. The van der Waals surface area contributed by atoms with E-state index in [1.54, 1.807) is 15.8 Å². The van der Waals surface area contributed by atoms with Crippen molar-refractivity contribution < 1.29 is 9.59 Å². The number of aromatic nitrogens is 2. The fraction of sp³-hybridized carbons (Fsp3) is 0.643. The summed E-state index contributed by atoms with van der Waals surface area (Å²) in [4.78, 5) is 26.4. The summed E-state index contributed by atoms with van der Waals surface area (Å²) in [7, 11) is 0. The molecule has 1 aromatic rings. The summed E-state index contributed by atoms with van der Waals surface area (Å²) in [6.45, 7) is 1.31. The highest BCUT2D eigenvalue weighted by Crippen LogP contribution is 2.35. The van der Waals surface area contributed by atoms with Crippen LogP contribution in [0.4, 0.5) is 0 Å². The molecule has 1 spiro atoms. The molecule has 0 atom stereocenters. The Labute approximate surface area is 118 Å². The van der Waals surface area contributed by atoms with E-state index in [0.29, 0.717) is 13.1 Å². The van der Waals surface area contributed by atoms with Crippen molar-refractivity contribution in [1.82, 2.24) is 20.0 Å². The van der Waals surface area contributed by atoms with Gasteiger partial charge in [-0.05, 0) is 18.9 Å². The molecule has 1 saturated heterocycles. The summed E-state index contributed by atoms with van der Waals surface area (Å²) >= 11 is 0. The fourth-order valence-corrected chi connectivity index (χ4v) is 3.38. The van der Waals surface area contributed by atoms with Crippen molar-refractivity contribution in [2.45, 2.75) is 44.2 Å². The molecular formula is C14H20N4O2. The number of rotatable bonds is 3. The molecular weight excluding hydrogens is 256 g/mol.